The SMILES string of the molecule is CC(C)(C)c1ccccc1-c1ccnc(-c2cccc(Oc3cc4ccc5nc6cccc7c6n5c4c(c3)c3nc4ccccc4n73)c2)c1. The van der Waals surface area contributed by atoms with E-state index >= 15 is 0 Å². The molecule has 6 nitrogen and oxygen atoms in total. The molecule has 0 aliphatic carbocycles. The fraction of sp³-hybridized carbons (Fsp3) is 0.0930. The number of benzene rings is 5. The molecule has 0 N–H and O–H groups in total. The van der Waals surface area contributed by atoms with Crippen molar-refractivity contribution < 1.29 is 4.74 Å². The minimum absolute atomic E-state index is 0.0221. The smallest absolute Gasteiger partial charge is 0.148 e. The van der Waals surface area contributed by atoms with E-state index in [1.807, 2.05) is 24.4 Å². The van der Waals surface area contributed by atoms with Crippen LogP contribution in [0.5, 0.6) is 11.5 Å². The van der Waals surface area contributed by atoms with Crippen molar-refractivity contribution in [1.82, 2.24) is 23.8 Å². The zero-order valence-electron chi connectivity index (χ0n) is 27.3. The lowest BCUT2D eigenvalue weighted by Crippen LogP contribution is -2.12. The van der Waals surface area contributed by atoms with Gasteiger partial charge in [-0.3, -0.25) is 13.8 Å². The molecule has 5 aromatic heterocycles. The monoisotopic (exact) mass is 633 g/mol. The first kappa shape index (κ1) is 27.8. The normalized spacial score (nSPS) is 12.4. The summed E-state index contributed by atoms with van der Waals surface area (Å²) in [6.07, 6.45) is 1.90. The predicted octanol–water partition coefficient (Wildman–Crippen LogP) is 10.9. The molecule has 0 aliphatic rings. The van der Waals surface area contributed by atoms with Crippen LogP contribution in [0, 0.1) is 0 Å². The molecule has 6 heteroatoms. The molecule has 10 aromatic rings. The van der Waals surface area contributed by atoms with Crippen LogP contribution in [0.25, 0.3) is 77.6 Å². The molecule has 0 aliphatic heterocycles. The molecule has 0 atom stereocenters. The number of rotatable bonds is 4. The van der Waals surface area contributed by atoms with Gasteiger partial charge in [0.05, 0.1) is 38.8 Å². The maximum Gasteiger partial charge on any atom is 0.148 e. The minimum Gasteiger partial charge on any atom is -0.457 e. The lowest BCUT2D eigenvalue weighted by Gasteiger charge is -2.23. The van der Waals surface area contributed by atoms with Gasteiger partial charge in [0, 0.05) is 22.5 Å². The van der Waals surface area contributed by atoms with Gasteiger partial charge < -0.3 is 4.74 Å². The molecule has 5 aromatic carbocycles. The van der Waals surface area contributed by atoms with E-state index in [1.165, 1.54) is 11.1 Å². The zero-order valence-corrected chi connectivity index (χ0v) is 27.3. The first-order chi connectivity index (χ1) is 23.9. The van der Waals surface area contributed by atoms with Crippen molar-refractivity contribution in [3.63, 3.8) is 0 Å². The second-order valence-electron chi connectivity index (χ2n) is 13.8. The van der Waals surface area contributed by atoms with Crippen LogP contribution >= 0.6 is 0 Å². The third-order valence-electron chi connectivity index (χ3n) is 9.64. The second-order valence-corrected chi connectivity index (χ2v) is 13.8. The van der Waals surface area contributed by atoms with Gasteiger partial charge in [0.1, 0.15) is 22.8 Å². The number of para-hydroxylation sites is 3. The summed E-state index contributed by atoms with van der Waals surface area (Å²) in [6.45, 7) is 6.76. The summed E-state index contributed by atoms with van der Waals surface area (Å²) in [5, 5.41) is 2.05. The summed E-state index contributed by atoms with van der Waals surface area (Å²) in [5.74, 6) is 1.48. The summed E-state index contributed by atoms with van der Waals surface area (Å²) in [4.78, 5) is 15.0. The largest absolute Gasteiger partial charge is 0.457 e. The van der Waals surface area contributed by atoms with Crippen LogP contribution in [-0.2, 0) is 5.41 Å². The summed E-state index contributed by atoms with van der Waals surface area (Å²) in [7, 11) is 0. The number of pyridine rings is 2. The number of nitrogens with zero attached hydrogens (tertiary/aromatic N) is 5. The Morgan fingerprint density at radius 3 is 2.33 bits per heavy atom. The van der Waals surface area contributed by atoms with Crippen molar-refractivity contribution in [2.75, 3.05) is 0 Å². The molecule has 0 unspecified atom stereocenters. The number of ether oxygens (including phenoxy) is 1. The molecule has 0 spiro atoms. The fourth-order valence-electron chi connectivity index (χ4n) is 7.50. The topological polar surface area (TPSA) is 56.7 Å². The lowest BCUT2D eigenvalue weighted by molar-refractivity contribution is 0.484. The van der Waals surface area contributed by atoms with Crippen molar-refractivity contribution in [1.29, 1.82) is 0 Å². The van der Waals surface area contributed by atoms with Crippen LogP contribution in [-0.4, -0.2) is 23.8 Å². The number of aromatic nitrogens is 5. The molecule has 49 heavy (non-hydrogen) atoms. The highest BCUT2D eigenvalue weighted by molar-refractivity contribution is 6.12. The van der Waals surface area contributed by atoms with Crippen molar-refractivity contribution in [2.24, 2.45) is 0 Å². The molecular formula is C43H31N5O. The Hall–Kier alpha value is -6.27. The maximum atomic E-state index is 6.69. The number of hydrogen-bond acceptors (Lipinski definition) is 4. The van der Waals surface area contributed by atoms with E-state index in [9.17, 15) is 0 Å². The highest BCUT2D eigenvalue weighted by Gasteiger charge is 2.21. The summed E-state index contributed by atoms with van der Waals surface area (Å²) in [5.41, 5.74) is 13.6. The fourth-order valence-corrected chi connectivity index (χ4v) is 7.50. The van der Waals surface area contributed by atoms with Crippen molar-refractivity contribution >= 4 is 55.2 Å². The molecular weight excluding hydrogens is 603 g/mol. The van der Waals surface area contributed by atoms with E-state index in [2.05, 4.69) is 139 Å². The van der Waals surface area contributed by atoms with Crippen LogP contribution in [0.1, 0.15) is 26.3 Å². The van der Waals surface area contributed by atoms with Gasteiger partial charge in [-0.2, -0.15) is 0 Å². The molecule has 0 amide bonds. The van der Waals surface area contributed by atoms with Gasteiger partial charge in [0.25, 0.3) is 0 Å². The molecule has 0 bridgehead atoms. The van der Waals surface area contributed by atoms with Crippen LogP contribution in [0.4, 0.5) is 0 Å². The molecule has 234 valence electrons. The van der Waals surface area contributed by atoms with Gasteiger partial charge in [-0.25, -0.2) is 9.97 Å². The summed E-state index contributed by atoms with van der Waals surface area (Å²) in [6, 6.07) is 44.1. The lowest BCUT2D eigenvalue weighted by atomic mass is 9.82. The highest BCUT2D eigenvalue weighted by Crippen LogP contribution is 2.39. The van der Waals surface area contributed by atoms with E-state index < -0.39 is 0 Å². The Morgan fingerprint density at radius 1 is 0.592 bits per heavy atom. The van der Waals surface area contributed by atoms with Crippen LogP contribution in [0.15, 0.2) is 134 Å². The van der Waals surface area contributed by atoms with Gasteiger partial charge >= 0.3 is 0 Å². The van der Waals surface area contributed by atoms with Crippen molar-refractivity contribution in [3.8, 4) is 33.9 Å². The maximum absolute atomic E-state index is 6.69. The van der Waals surface area contributed by atoms with E-state index in [4.69, 9.17) is 19.7 Å². The summed E-state index contributed by atoms with van der Waals surface area (Å²) >= 11 is 0. The molecule has 0 saturated carbocycles. The third kappa shape index (κ3) is 4.23. The van der Waals surface area contributed by atoms with Crippen molar-refractivity contribution in [3.05, 3.63) is 139 Å². The van der Waals surface area contributed by atoms with Crippen LogP contribution in [0.3, 0.4) is 0 Å². The Bertz CT molecular complexity index is 2910. The van der Waals surface area contributed by atoms with Gasteiger partial charge in [0.15, 0.2) is 0 Å². The molecule has 0 fully saturated rings. The number of imidazole rings is 2. The molecule has 0 radical (unpaired) electrons. The van der Waals surface area contributed by atoms with Gasteiger partial charge in [0.2, 0.25) is 0 Å². The average Bonchev–Trinajstić information content (AvgIpc) is 3.67. The van der Waals surface area contributed by atoms with Gasteiger partial charge in [-0.15, -0.1) is 0 Å². The Balaban J connectivity index is 1.13. The van der Waals surface area contributed by atoms with E-state index in [0.29, 0.717) is 0 Å². The quantitative estimate of drug-likeness (QED) is 0.193. The standard InChI is InChI=1S/C43H31N5O/c1-43(2,3)33-13-5-4-12-31(33)26-20-21-44-36(24-26)27-10-8-11-29(22-27)49-30-23-28-18-19-39-45-35-15-9-17-38-41(35)48(39)40(28)32(25-30)42-46-34-14-6-7-16-37(34)47(38)42/h4-25H,1-3H3. The highest BCUT2D eigenvalue weighted by atomic mass is 16.5. The molecule has 10 rings (SSSR count). The van der Waals surface area contributed by atoms with E-state index in [0.717, 1.165) is 83.5 Å². The third-order valence-corrected chi connectivity index (χ3v) is 9.64. The Labute approximate surface area is 282 Å². The average molecular weight is 634 g/mol. The van der Waals surface area contributed by atoms with Crippen LogP contribution < -0.4 is 4.74 Å². The predicted molar refractivity (Wildman–Crippen MR) is 199 cm³/mol. The number of fused-ring (bicyclic) bond motifs is 5. The number of hydrogen-bond donors (Lipinski definition) is 0. The Morgan fingerprint density at radius 2 is 1.41 bits per heavy atom. The van der Waals surface area contributed by atoms with E-state index in [1.54, 1.807) is 0 Å². The zero-order chi connectivity index (χ0) is 32.9. The Kier molecular flexibility index (Phi) is 5.74. The van der Waals surface area contributed by atoms with E-state index in [-0.39, 0.29) is 5.41 Å². The molecule has 5 heterocycles. The first-order valence-corrected chi connectivity index (χ1v) is 16.6. The van der Waals surface area contributed by atoms with Crippen molar-refractivity contribution in [2.45, 2.75) is 26.2 Å². The minimum atomic E-state index is 0.0221. The first-order valence-electron chi connectivity index (χ1n) is 16.6. The second kappa shape index (κ2) is 10.1. The molecule has 0 saturated heterocycles. The van der Waals surface area contributed by atoms with Gasteiger partial charge in [-0.1, -0.05) is 75.4 Å². The summed E-state index contributed by atoms with van der Waals surface area (Å²) < 4.78 is 11.2. The van der Waals surface area contributed by atoms with Crippen LogP contribution in [0.2, 0.25) is 0 Å². The van der Waals surface area contributed by atoms with Gasteiger partial charge in [-0.05, 0) is 94.9 Å².